The zero-order chi connectivity index (χ0) is 20.4. The standard InChI is InChI=1S/C20H26N2O4S2/c1-3-26-18-12-10-17(11-13-18)22(28(2,24)25)16-20(23)21-14-7-15-27-19-8-5-4-6-9-19/h4-6,8-13H,3,7,14-16H2,1-2H3,(H,21,23). The summed E-state index contributed by atoms with van der Waals surface area (Å²) >= 11 is 1.72. The summed E-state index contributed by atoms with van der Waals surface area (Å²) in [6.07, 6.45) is 1.89. The molecule has 6 nitrogen and oxygen atoms in total. The van der Waals surface area contributed by atoms with Crippen molar-refractivity contribution in [1.82, 2.24) is 5.32 Å². The number of carbonyl (C=O) groups is 1. The molecule has 2 aromatic carbocycles. The Balaban J connectivity index is 1.83. The van der Waals surface area contributed by atoms with Crippen LogP contribution in [0.15, 0.2) is 59.5 Å². The molecule has 0 unspecified atom stereocenters. The van der Waals surface area contributed by atoms with Crippen LogP contribution in [0.1, 0.15) is 13.3 Å². The summed E-state index contributed by atoms with van der Waals surface area (Å²) in [5.74, 6) is 1.20. The summed E-state index contributed by atoms with van der Waals surface area (Å²) in [5.41, 5.74) is 0.431. The molecule has 0 saturated carbocycles. The van der Waals surface area contributed by atoms with E-state index in [1.165, 1.54) is 4.90 Å². The first kappa shape index (κ1) is 22.1. The van der Waals surface area contributed by atoms with Crippen molar-refractivity contribution in [3.8, 4) is 5.75 Å². The van der Waals surface area contributed by atoms with Crippen molar-refractivity contribution < 1.29 is 17.9 Å². The summed E-state index contributed by atoms with van der Waals surface area (Å²) in [6, 6.07) is 16.7. The maximum atomic E-state index is 12.2. The van der Waals surface area contributed by atoms with Crippen molar-refractivity contribution in [1.29, 1.82) is 0 Å². The number of nitrogens with one attached hydrogen (secondary N) is 1. The van der Waals surface area contributed by atoms with Gasteiger partial charge in [-0.1, -0.05) is 18.2 Å². The van der Waals surface area contributed by atoms with Crippen LogP contribution in [0.25, 0.3) is 0 Å². The van der Waals surface area contributed by atoms with Gasteiger partial charge in [0.05, 0.1) is 18.6 Å². The molecular weight excluding hydrogens is 396 g/mol. The van der Waals surface area contributed by atoms with E-state index in [1.54, 1.807) is 36.0 Å². The van der Waals surface area contributed by atoms with Gasteiger partial charge in [-0.2, -0.15) is 0 Å². The Labute approximate surface area is 171 Å². The van der Waals surface area contributed by atoms with Crippen LogP contribution in [0.2, 0.25) is 0 Å². The van der Waals surface area contributed by atoms with Gasteiger partial charge in [-0.3, -0.25) is 9.10 Å². The van der Waals surface area contributed by atoms with Crippen molar-refractivity contribution in [3.63, 3.8) is 0 Å². The minimum atomic E-state index is -3.58. The molecule has 0 aliphatic heterocycles. The van der Waals surface area contributed by atoms with Gasteiger partial charge in [-0.25, -0.2) is 8.42 Å². The maximum absolute atomic E-state index is 12.2. The fraction of sp³-hybridized carbons (Fsp3) is 0.350. The number of hydrogen-bond donors (Lipinski definition) is 1. The van der Waals surface area contributed by atoms with Gasteiger partial charge < -0.3 is 10.1 Å². The molecule has 2 aromatic rings. The van der Waals surface area contributed by atoms with Gasteiger partial charge in [0.15, 0.2) is 0 Å². The van der Waals surface area contributed by atoms with Gasteiger partial charge in [0.2, 0.25) is 15.9 Å². The lowest BCUT2D eigenvalue weighted by Crippen LogP contribution is -2.40. The number of rotatable bonds is 11. The number of sulfonamides is 1. The van der Waals surface area contributed by atoms with E-state index >= 15 is 0 Å². The molecule has 1 amide bonds. The van der Waals surface area contributed by atoms with E-state index in [1.807, 2.05) is 37.3 Å². The van der Waals surface area contributed by atoms with E-state index < -0.39 is 10.0 Å². The summed E-state index contributed by atoms with van der Waals surface area (Å²) < 4.78 is 30.7. The minimum Gasteiger partial charge on any atom is -0.494 e. The minimum absolute atomic E-state index is 0.251. The number of ether oxygens (including phenoxy) is 1. The Morgan fingerprint density at radius 2 is 1.79 bits per heavy atom. The normalized spacial score (nSPS) is 11.1. The number of carbonyl (C=O) groups excluding carboxylic acids is 1. The van der Waals surface area contributed by atoms with E-state index in [0.29, 0.717) is 24.6 Å². The van der Waals surface area contributed by atoms with E-state index in [9.17, 15) is 13.2 Å². The summed E-state index contributed by atoms with van der Waals surface area (Å²) in [6.45, 7) is 2.65. The number of amides is 1. The zero-order valence-corrected chi connectivity index (χ0v) is 17.8. The Morgan fingerprint density at radius 1 is 1.11 bits per heavy atom. The van der Waals surface area contributed by atoms with Crippen molar-refractivity contribution in [2.75, 3.05) is 36.0 Å². The molecule has 152 valence electrons. The smallest absolute Gasteiger partial charge is 0.240 e. The monoisotopic (exact) mass is 422 g/mol. The lowest BCUT2D eigenvalue weighted by atomic mass is 10.3. The Bertz CT molecular complexity index is 840. The molecule has 0 saturated heterocycles. The third kappa shape index (κ3) is 7.44. The first-order valence-corrected chi connectivity index (χ1v) is 11.9. The highest BCUT2D eigenvalue weighted by atomic mass is 32.2. The number of benzene rings is 2. The molecule has 2 rings (SSSR count). The summed E-state index contributed by atoms with van der Waals surface area (Å²) in [4.78, 5) is 13.4. The van der Waals surface area contributed by atoms with Crippen molar-refractivity contribution >= 4 is 33.4 Å². The van der Waals surface area contributed by atoms with Crippen LogP contribution >= 0.6 is 11.8 Å². The van der Waals surface area contributed by atoms with Gasteiger partial charge in [-0.15, -0.1) is 11.8 Å². The van der Waals surface area contributed by atoms with Crippen LogP contribution in [0, 0.1) is 0 Å². The molecule has 0 bridgehead atoms. The molecule has 0 fully saturated rings. The molecule has 0 spiro atoms. The lowest BCUT2D eigenvalue weighted by molar-refractivity contribution is -0.119. The highest BCUT2D eigenvalue weighted by Gasteiger charge is 2.20. The van der Waals surface area contributed by atoms with Crippen molar-refractivity contribution in [2.24, 2.45) is 0 Å². The predicted molar refractivity (Wildman–Crippen MR) is 115 cm³/mol. The fourth-order valence-electron chi connectivity index (χ4n) is 2.47. The second-order valence-electron chi connectivity index (χ2n) is 6.06. The van der Waals surface area contributed by atoms with Gasteiger partial charge in [0, 0.05) is 11.4 Å². The molecule has 0 aromatic heterocycles. The Kier molecular flexibility index (Phi) is 8.66. The SMILES string of the molecule is CCOc1ccc(N(CC(=O)NCCCSc2ccccc2)S(C)(=O)=O)cc1. The van der Waals surface area contributed by atoms with E-state index in [2.05, 4.69) is 5.32 Å². The highest BCUT2D eigenvalue weighted by Crippen LogP contribution is 2.21. The molecule has 28 heavy (non-hydrogen) atoms. The second-order valence-corrected chi connectivity index (χ2v) is 9.14. The van der Waals surface area contributed by atoms with Crippen molar-refractivity contribution in [2.45, 2.75) is 18.2 Å². The molecule has 0 heterocycles. The number of nitrogens with zero attached hydrogens (tertiary/aromatic N) is 1. The molecule has 8 heteroatoms. The second kappa shape index (κ2) is 11.0. The topological polar surface area (TPSA) is 75.7 Å². The highest BCUT2D eigenvalue weighted by molar-refractivity contribution is 7.99. The third-order valence-electron chi connectivity index (χ3n) is 3.78. The first-order chi connectivity index (χ1) is 13.4. The molecule has 0 aliphatic rings. The van der Waals surface area contributed by atoms with Gasteiger partial charge in [0.25, 0.3) is 0 Å². The average Bonchev–Trinajstić information content (AvgIpc) is 2.67. The van der Waals surface area contributed by atoms with Gasteiger partial charge >= 0.3 is 0 Å². The van der Waals surface area contributed by atoms with Gasteiger partial charge in [-0.05, 0) is 55.5 Å². The number of thioether (sulfide) groups is 1. The fourth-order valence-corrected chi connectivity index (χ4v) is 4.20. The van der Waals surface area contributed by atoms with Crippen LogP contribution in [0.4, 0.5) is 5.69 Å². The van der Waals surface area contributed by atoms with Crippen molar-refractivity contribution in [3.05, 3.63) is 54.6 Å². The summed E-state index contributed by atoms with van der Waals surface area (Å²) in [7, 11) is -3.58. The molecule has 0 atom stereocenters. The van der Waals surface area contributed by atoms with Crippen LogP contribution in [0.3, 0.4) is 0 Å². The molecule has 0 radical (unpaired) electrons. The number of hydrogen-bond acceptors (Lipinski definition) is 5. The Morgan fingerprint density at radius 3 is 2.39 bits per heavy atom. The van der Waals surface area contributed by atoms with Crippen LogP contribution in [-0.2, 0) is 14.8 Å². The largest absolute Gasteiger partial charge is 0.494 e. The average molecular weight is 423 g/mol. The molecular formula is C20H26N2O4S2. The molecule has 0 aliphatic carbocycles. The van der Waals surface area contributed by atoms with Gasteiger partial charge in [0.1, 0.15) is 12.3 Å². The molecule has 1 N–H and O–H groups in total. The number of anilines is 1. The van der Waals surface area contributed by atoms with E-state index in [-0.39, 0.29) is 12.5 Å². The lowest BCUT2D eigenvalue weighted by Gasteiger charge is -2.22. The van der Waals surface area contributed by atoms with Crippen LogP contribution < -0.4 is 14.4 Å². The van der Waals surface area contributed by atoms with E-state index in [4.69, 9.17) is 4.74 Å². The van der Waals surface area contributed by atoms with Crippen LogP contribution in [0.5, 0.6) is 5.75 Å². The Hall–Kier alpha value is -2.19. The zero-order valence-electron chi connectivity index (χ0n) is 16.1. The summed E-state index contributed by atoms with van der Waals surface area (Å²) in [5, 5.41) is 2.79. The van der Waals surface area contributed by atoms with Crippen LogP contribution in [-0.4, -0.2) is 46.0 Å². The van der Waals surface area contributed by atoms with E-state index in [0.717, 1.165) is 22.7 Å². The third-order valence-corrected chi connectivity index (χ3v) is 6.02. The maximum Gasteiger partial charge on any atom is 0.240 e. The predicted octanol–water partition coefficient (Wildman–Crippen LogP) is 3.15. The first-order valence-electron chi connectivity index (χ1n) is 9.05. The quantitative estimate of drug-likeness (QED) is 0.445.